The largest absolute Gasteiger partial charge is 0.496 e. The highest BCUT2D eigenvalue weighted by Gasteiger charge is 2.15. The Labute approximate surface area is 158 Å². The summed E-state index contributed by atoms with van der Waals surface area (Å²) >= 11 is 0. The number of ether oxygens (including phenoxy) is 1. The van der Waals surface area contributed by atoms with E-state index in [-0.39, 0.29) is 18.6 Å². The lowest BCUT2D eigenvalue weighted by molar-refractivity contribution is 0.276. The van der Waals surface area contributed by atoms with E-state index in [1.165, 1.54) is 0 Å². The lowest BCUT2D eigenvalue weighted by atomic mass is 10.1. The molecule has 1 aromatic carbocycles. The summed E-state index contributed by atoms with van der Waals surface area (Å²) in [4.78, 5) is 8.64. The molecule has 0 radical (unpaired) electrons. The molecule has 0 spiro atoms. The molecule has 27 heavy (non-hydrogen) atoms. The van der Waals surface area contributed by atoms with Crippen LogP contribution >= 0.6 is 0 Å². The number of anilines is 2. The van der Waals surface area contributed by atoms with Crippen LogP contribution in [0.15, 0.2) is 30.5 Å². The van der Waals surface area contributed by atoms with Crippen LogP contribution in [0.2, 0.25) is 0 Å². The summed E-state index contributed by atoms with van der Waals surface area (Å²) in [6.07, 6.45) is 4.42. The predicted octanol–water partition coefficient (Wildman–Crippen LogP) is 2.43. The third kappa shape index (κ3) is 4.46. The van der Waals surface area contributed by atoms with Gasteiger partial charge >= 0.3 is 0 Å². The summed E-state index contributed by atoms with van der Waals surface area (Å²) in [5, 5.41) is 17.3. The number of aliphatic hydroxyl groups excluding tert-OH is 1. The zero-order valence-electron chi connectivity index (χ0n) is 15.7. The van der Waals surface area contributed by atoms with Crippen LogP contribution in [-0.2, 0) is 6.54 Å². The van der Waals surface area contributed by atoms with Gasteiger partial charge in [0.25, 0.3) is 0 Å². The smallest absolute Gasteiger partial charge is 0.222 e. The van der Waals surface area contributed by atoms with Gasteiger partial charge in [0.15, 0.2) is 11.3 Å². The highest BCUT2D eigenvalue weighted by molar-refractivity contribution is 5.85. The summed E-state index contributed by atoms with van der Waals surface area (Å²) in [6, 6.07) is 7.94. The number of para-hydroxylation sites is 1. The van der Waals surface area contributed by atoms with Gasteiger partial charge in [0.2, 0.25) is 5.95 Å². The molecule has 0 saturated heterocycles. The fourth-order valence-corrected chi connectivity index (χ4v) is 3.15. The third-order valence-corrected chi connectivity index (χ3v) is 4.41. The fraction of sp³-hybridized carbons (Fsp3) is 0.421. The number of aliphatic hydroxyl groups is 1. The van der Waals surface area contributed by atoms with E-state index >= 15 is 0 Å². The fourth-order valence-electron chi connectivity index (χ4n) is 3.15. The number of nitrogens with two attached hydrogens (primary N) is 1. The van der Waals surface area contributed by atoms with Crippen molar-refractivity contribution in [2.24, 2.45) is 0 Å². The van der Waals surface area contributed by atoms with Crippen molar-refractivity contribution in [3.8, 4) is 5.75 Å². The molecule has 0 aliphatic carbocycles. The number of hydrogen-bond acceptors (Lipinski definition) is 7. The normalized spacial score (nSPS) is 12.3. The zero-order chi connectivity index (χ0) is 19.2. The van der Waals surface area contributed by atoms with E-state index in [1.807, 2.05) is 35.1 Å². The number of fused-ring (bicyclic) bond motifs is 1. The van der Waals surface area contributed by atoms with Crippen molar-refractivity contribution < 1.29 is 9.84 Å². The van der Waals surface area contributed by atoms with Crippen LogP contribution in [0.4, 0.5) is 11.8 Å². The Morgan fingerprint density at radius 1 is 1.26 bits per heavy atom. The van der Waals surface area contributed by atoms with Gasteiger partial charge in [0.05, 0.1) is 19.9 Å². The Bertz CT molecular complexity index is 889. The maximum Gasteiger partial charge on any atom is 0.222 e. The number of benzene rings is 1. The summed E-state index contributed by atoms with van der Waals surface area (Å²) in [7, 11) is 1.65. The molecule has 0 fully saturated rings. The van der Waals surface area contributed by atoms with Crippen molar-refractivity contribution in [1.29, 1.82) is 0 Å². The van der Waals surface area contributed by atoms with Gasteiger partial charge in [-0.05, 0) is 18.9 Å². The maximum atomic E-state index is 9.30. The first kappa shape index (κ1) is 18.9. The van der Waals surface area contributed by atoms with Crippen LogP contribution in [0.5, 0.6) is 5.75 Å². The van der Waals surface area contributed by atoms with Gasteiger partial charge in [-0.3, -0.25) is 4.68 Å². The molecule has 144 valence electrons. The van der Waals surface area contributed by atoms with Crippen LogP contribution in [0.3, 0.4) is 0 Å². The van der Waals surface area contributed by atoms with Crippen molar-refractivity contribution >= 4 is 22.8 Å². The highest BCUT2D eigenvalue weighted by Crippen LogP contribution is 2.24. The number of hydrogen-bond donors (Lipinski definition) is 3. The number of methoxy groups -OCH3 is 1. The minimum atomic E-state index is 0.108. The van der Waals surface area contributed by atoms with E-state index < -0.39 is 0 Å². The Hall–Kier alpha value is -2.87. The Morgan fingerprint density at radius 3 is 2.81 bits per heavy atom. The molecule has 3 rings (SSSR count). The average molecular weight is 370 g/mol. The quantitative estimate of drug-likeness (QED) is 0.530. The molecule has 0 saturated carbocycles. The Morgan fingerprint density at radius 2 is 2.07 bits per heavy atom. The molecular weight excluding hydrogens is 344 g/mol. The molecule has 2 heterocycles. The first-order valence-corrected chi connectivity index (χ1v) is 9.14. The first-order chi connectivity index (χ1) is 13.1. The molecule has 2 aromatic heterocycles. The topological polar surface area (TPSA) is 111 Å². The van der Waals surface area contributed by atoms with Gasteiger partial charge in [-0.25, -0.2) is 4.98 Å². The van der Waals surface area contributed by atoms with Crippen LogP contribution in [0.1, 0.15) is 31.7 Å². The van der Waals surface area contributed by atoms with Gasteiger partial charge in [0, 0.05) is 18.2 Å². The van der Waals surface area contributed by atoms with E-state index in [0.29, 0.717) is 29.8 Å². The predicted molar refractivity (Wildman–Crippen MR) is 106 cm³/mol. The lowest BCUT2D eigenvalue weighted by Gasteiger charge is -2.17. The summed E-state index contributed by atoms with van der Waals surface area (Å²) in [5.41, 5.74) is 8.25. The Kier molecular flexibility index (Phi) is 6.08. The van der Waals surface area contributed by atoms with Gasteiger partial charge in [-0.15, -0.1) is 0 Å². The second kappa shape index (κ2) is 8.68. The number of nitrogens with zero attached hydrogens (tertiary/aromatic N) is 4. The number of rotatable bonds is 9. The summed E-state index contributed by atoms with van der Waals surface area (Å²) < 4.78 is 7.22. The summed E-state index contributed by atoms with van der Waals surface area (Å²) in [5.74, 6) is 1.61. The monoisotopic (exact) mass is 370 g/mol. The van der Waals surface area contributed by atoms with Crippen molar-refractivity contribution in [3.05, 3.63) is 36.0 Å². The molecule has 4 N–H and O–H groups in total. The minimum absolute atomic E-state index is 0.108. The zero-order valence-corrected chi connectivity index (χ0v) is 15.7. The van der Waals surface area contributed by atoms with E-state index in [9.17, 15) is 5.11 Å². The molecular formula is C19H26N6O2. The summed E-state index contributed by atoms with van der Waals surface area (Å²) in [6.45, 7) is 2.77. The van der Waals surface area contributed by atoms with Crippen molar-refractivity contribution in [3.63, 3.8) is 0 Å². The van der Waals surface area contributed by atoms with E-state index in [2.05, 4.69) is 27.3 Å². The minimum Gasteiger partial charge on any atom is -0.496 e. The van der Waals surface area contributed by atoms with Crippen molar-refractivity contribution in [2.45, 2.75) is 38.8 Å². The molecule has 3 aromatic rings. The van der Waals surface area contributed by atoms with Crippen LogP contribution in [0.25, 0.3) is 11.0 Å². The van der Waals surface area contributed by atoms with Gasteiger partial charge in [-0.2, -0.15) is 10.1 Å². The number of nitrogen functional groups attached to an aromatic ring is 1. The van der Waals surface area contributed by atoms with E-state index in [1.54, 1.807) is 7.11 Å². The second-order valence-corrected chi connectivity index (χ2v) is 6.45. The highest BCUT2D eigenvalue weighted by atomic mass is 16.5. The standard InChI is InChI=1S/C19H26N6O2/c1-3-6-14(9-10-26)21-18-17-15(22-19(20)23-18)12-25(24-17)11-13-7-4-5-8-16(13)27-2/h4-5,7-8,12,14,26H,3,6,9-11H2,1-2H3,(H3,20,21,22,23)/t14-/m1/s1. The SMILES string of the molecule is CCC[C@H](CCO)Nc1nc(N)nc2cn(Cc3ccccc3OC)nc12. The molecule has 0 amide bonds. The van der Waals surface area contributed by atoms with Crippen LogP contribution in [-0.4, -0.2) is 44.6 Å². The van der Waals surface area contributed by atoms with Crippen molar-refractivity contribution in [2.75, 3.05) is 24.8 Å². The first-order valence-electron chi connectivity index (χ1n) is 9.14. The Balaban J connectivity index is 1.92. The van der Waals surface area contributed by atoms with Gasteiger partial charge < -0.3 is 20.9 Å². The number of nitrogens with one attached hydrogen (secondary N) is 1. The molecule has 0 aliphatic heterocycles. The molecule has 8 heteroatoms. The van der Waals surface area contributed by atoms with Crippen LogP contribution < -0.4 is 15.8 Å². The molecule has 8 nitrogen and oxygen atoms in total. The number of aromatic nitrogens is 4. The maximum absolute atomic E-state index is 9.30. The average Bonchev–Trinajstić information content (AvgIpc) is 3.05. The van der Waals surface area contributed by atoms with E-state index in [4.69, 9.17) is 10.5 Å². The molecule has 0 unspecified atom stereocenters. The van der Waals surface area contributed by atoms with Crippen molar-refractivity contribution in [1.82, 2.24) is 19.7 Å². The molecule has 0 bridgehead atoms. The van der Waals surface area contributed by atoms with Gasteiger partial charge in [-0.1, -0.05) is 31.5 Å². The second-order valence-electron chi connectivity index (χ2n) is 6.45. The third-order valence-electron chi connectivity index (χ3n) is 4.41. The molecule has 0 aliphatic rings. The van der Waals surface area contributed by atoms with E-state index in [0.717, 1.165) is 24.2 Å². The molecule has 1 atom stereocenters. The lowest BCUT2D eigenvalue weighted by Crippen LogP contribution is -2.22. The van der Waals surface area contributed by atoms with Gasteiger partial charge in [0.1, 0.15) is 11.3 Å². The van der Waals surface area contributed by atoms with Crippen LogP contribution in [0, 0.1) is 0 Å².